The molecule has 4 heteroatoms. The maximum atomic E-state index is 10.6. The van der Waals surface area contributed by atoms with Gasteiger partial charge in [0.1, 0.15) is 4.83 Å². The molecule has 0 atom stereocenters. The molecule has 0 fully saturated rings. The molecule has 2 N–H and O–H groups in total. The number of nitrogens with zero attached hydrogens (tertiary/aromatic N) is 1. The molecule has 60 valence electrons. The molecule has 0 unspecified atom stereocenters. The summed E-state index contributed by atoms with van der Waals surface area (Å²) in [6.45, 7) is 0. The Bertz CT molecular complexity index is 436. The van der Waals surface area contributed by atoms with Gasteiger partial charge in [0.25, 0.3) is 0 Å². The zero-order valence-electron chi connectivity index (χ0n) is 6.15. The SMILES string of the molecule is Nc1sc2ncccc2c1C=O. The lowest BCUT2D eigenvalue weighted by Crippen LogP contribution is -1.85. The third kappa shape index (κ3) is 0.887. The van der Waals surface area contributed by atoms with Crippen LogP contribution in [-0.2, 0) is 0 Å². The summed E-state index contributed by atoms with van der Waals surface area (Å²) in [6.07, 6.45) is 2.46. The minimum Gasteiger partial charge on any atom is -0.390 e. The second-order valence-corrected chi connectivity index (χ2v) is 3.38. The highest BCUT2D eigenvalue weighted by molar-refractivity contribution is 7.22. The Morgan fingerprint density at radius 3 is 3.17 bits per heavy atom. The molecule has 0 aliphatic heterocycles. The number of fused-ring (bicyclic) bond motifs is 1. The molecule has 3 nitrogen and oxygen atoms in total. The first kappa shape index (κ1) is 7.24. The summed E-state index contributed by atoms with van der Waals surface area (Å²) in [6, 6.07) is 3.64. The zero-order chi connectivity index (χ0) is 8.55. The van der Waals surface area contributed by atoms with Crippen LogP contribution in [0.4, 0.5) is 5.00 Å². The minimum absolute atomic E-state index is 0.540. The predicted molar refractivity (Wildman–Crippen MR) is 49.4 cm³/mol. The standard InChI is InChI=1S/C8H6N2OS/c9-7-6(4-11)5-2-1-3-10-8(5)12-7/h1-4H,9H2. The van der Waals surface area contributed by atoms with Crippen molar-refractivity contribution >= 4 is 32.8 Å². The van der Waals surface area contributed by atoms with E-state index < -0.39 is 0 Å². The van der Waals surface area contributed by atoms with Gasteiger partial charge in [0.05, 0.1) is 10.6 Å². The van der Waals surface area contributed by atoms with Gasteiger partial charge in [0.2, 0.25) is 0 Å². The number of carbonyl (C=O) groups is 1. The number of nitrogen functional groups attached to an aromatic ring is 1. The Morgan fingerprint density at radius 2 is 2.42 bits per heavy atom. The largest absolute Gasteiger partial charge is 0.390 e. The van der Waals surface area contributed by atoms with E-state index in [-0.39, 0.29) is 0 Å². The average molecular weight is 178 g/mol. The summed E-state index contributed by atoms with van der Waals surface area (Å²) >= 11 is 1.34. The molecule has 0 amide bonds. The van der Waals surface area contributed by atoms with E-state index in [4.69, 9.17) is 5.73 Å². The maximum Gasteiger partial charge on any atom is 0.153 e. The maximum absolute atomic E-state index is 10.6. The summed E-state index contributed by atoms with van der Waals surface area (Å²) in [5.74, 6) is 0. The molecule has 0 aliphatic carbocycles. The van der Waals surface area contributed by atoms with Gasteiger partial charge in [0, 0.05) is 11.6 Å². The first-order valence-electron chi connectivity index (χ1n) is 3.41. The Morgan fingerprint density at radius 1 is 1.58 bits per heavy atom. The monoisotopic (exact) mass is 178 g/mol. The van der Waals surface area contributed by atoms with E-state index in [0.717, 1.165) is 16.5 Å². The number of anilines is 1. The first-order chi connectivity index (χ1) is 5.83. The lowest BCUT2D eigenvalue weighted by molar-refractivity contribution is 0.112. The van der Waals surface area contributed by atoms with Gasteiger partial charge in [-0.3, -0.25) is 4.79 Å². The van der Waals surface area contributed by atoms with E-state index in [1.54, 1.807) is 12.3 Å². The van der Waals surface area contributed by atoms with Crippen LogP contribution in [0.2, 0.25) is 0 Å². The molecule has 0 bridgehead atoms. The first-order valence-corrected chi connectivity index (χ1v) is 4.22. The highest BCUT2D eigenvalue weighted by atomic mass is 32.1. The van der Waals surface area contributed by atoms with E-state index in [2.05, 4.69) is 4.98 Å². The number of aldehydes is 1. The van der Waals surface area contributed by atoms with Crippen LogP contribution >= 0.6 is 11.3 Å². The van der Waals surface area contributed by atoms with Crippen molar-refractivity contribution in [1.29, 1.82) is 0 Å². The molecule has 12 heavy (non-hydrogen) atoms. The van der Waals surface area contributed by atoms with Crippen molar-refractivity contribution in [3.63, 3.8) is 0 Å². The Balaban J connectivity index is 2.90. The van der Waals surface area contributed by atoms with Gasteiger partial charge in [-0.1, -0.05) is 11.3 Å². The average Bonchev–Trinajstić information content (AvgIpc) is 2.40. The van der Waals surface area contributed by atoms with Gasteiger partial charge in [-0.25, -0.2) is 4.98 Å². The second kappa shape index (κ2) is 2.57. The number of thiophene rings is 1. The molecule has 2 aromatic rings. The van der Waals surface area contributed by atoms with Gasteiger partial charge in [-0.2, -0.15) is 0 Å². The number of pyridine rings is 1. The van der Waals surface area contributed by atoms with Crippen molar-refractivity contribution in [2.45, 2.75) is 0 Å². The van der Waals surface area contributed by atoms with Crippen LogP contribution in [0.25, 0.3) is 10.2 Å². The molecule has 2 rings (SSSR count). The molecule has 2 aromatic heterocycles. The Labute approximate surface area is 72.8 Å². The highest BCUT2D eigenvalue weighted by Gasteiger charge is 2.07. The molecular weight excluding hydrogens is 172 g/mol. The van der Waals surface area contributed by atoms with Crippen LogP contribution in [0.3, 0.4) is 0 Å². The summed E-state index contributed by atoms with van der Waals surface area (Å²) in [5.41, 5.74) is 6.17. The second-order valence-electron chi connectivity index (χ2n) is 2.35. The fraction of sp³-hybridized carbons (Fsp3) is 0. The normalized spacial score (nSPS) is 10.3. The van der Waals surface area contributed by atoms with Gasteiger partial charge < -0.3 is 5.73 Å². The molecule has 0 aromatic carbocycles. The van der Waals surface area contributed by atoms with Gasteiger partial charge in [-0.05, 0) is 12.1 Å². The summed E-state index contributed by atoms with van der Waals surface area (Å²) in [7, 11) is 0. The number of rotatable bonds is 1. The van der Waals surface area contributed by atoms with E-state index >= 15 is 0 Å². The van der Waals surface area contributed by atoms with Crippen molar-refractivity contribution in [1.82, 2.24) is 4.98 Å². The lowest BCUT2D eigenvalue weighted by atomic mass is 10.2. The van der Waals surface area contributed by atoms with Crippen molar-refractivity contribution in [3.8, 4) is 0 Å². The van der Waals surface area contributed by atoms with Crippen molar-refractivity contribution < 1.29 is 4.79 Å². The van der Waals surface area contributed by atoms with E-state index in [0.29, 0.717) is 10.6 Å². The van der Waals surface area contributed by atoms with Crippen LogP contribution in [0.5, 0.6) is 0 Å². The van der Waals surface area contributed by atoms with E-state index in [1.807, 2.05) is 6.07 Å². The number of aromatic nitrogens is 1. The highest BCUT2D eigenvalue weighted by Crippen LogP contribution is 2.29. The minimum atomic E-state index is 0.540. The molecule has 2 heterocycles. The van der Waals surface area contributed by atoms with Crippen molar-refractivity contribution in [2.75, 3.05) is 5.73 Å². The quantitative estimate of drug-likeness (QED) is 0.676. The molecule has 0 saturated heterocycles. The van der Waals surface area contributed by atoms with Crippen LogP contribution in [-0.4, -0.2) is 11.3 Å². The molecule has 0 spiro atoms. The van der Waals surface area contributed by atoms with E-state index in [9.17, 15) is 4.79 Å². The number of hydrogen-bond acceptors (Lipinski definition) is 4. The fourth-order valence-electron chi connectivity index (χ4n) is 1.09. The number of nitrogens with two attached hydrogens (primary N) is 1. The molecule has 0 saturated carbocycles. The third-order valence-corrected chi connectivity index (χ3v) is 2.61. The molecular formula is C8H6N2OS. The van der Waals surface area contributed by atoms with Crippen LogP contribution < -0.4 is 5.73 Å². The van der Waals surface area contributed by atoms with Crippen LogP contribution in [0.1, 0.15) is 10.4 Å². The molecule has 0 radical (unpaired) electrons. The van der Waals surface area contributed by atoms with Crippen LogP contribution in [0, 0.1) is 0 Å². The lowest BCUT2D eigenvalue weighted by Gasteiger charge is -1.86. The molecule has 0 aliphatic rings. The fourth-order valence-corrected chi connectivity index (χ4v) is 1.97. The number of carbonyl (C=O) groups excluding carboxylic acids is 1. The topological polar surface area (TPSA) is 56.0 Å². The Hall–Kier alpha value is -1.42. The van der Waals surface area contributed by atoms with Crippen LogP contribution in [0.15, 0.2) is 18.3 Å². The van der Waals surface area contributed by atoms with Gasteiger partial charge >= 0.3 is 0 Å². The number of hydrogen-bond donors (Lipinski definition) is 1. The van der Waals surface area contributed by atoms with Gasteiger partial charge in [0.15, 0.2) is 6.29 Å². The summed E-state index contributed by atoms with van der Waals surface area (Å²) in [4.78, 5) is 15.5. The zero-order valence-corrected chi connectivity index (χ0v) is 6.97. The Kier molecular flexibility index (Phi) is 1.55. The summed E-state index contributed by atoms with van der Waals surface area (Å²) < 4.78 is 0. The van der Waals surface area contributed by atoms with Gasteiger partial charge in [-0.15, -0.1) is 0 Å². The predicted octanol–water partition coefficient (Wildman–Crippen LogP) is 1.69. The third-order valence-electron chi connectivity index (χ3n) is 1.65. The van der Waals surface area contributed by atoms with E-state index in [1.165, 1.54) is 11.3 Å². The van der Waals surface area contributed by atoms with Crippen molar-refractivity contribution in [3.05, 3.63) is 23.9 Å². The smallest absolute Gasteiger partial charge is 0.153 e. The van der Waals surface area contributed by atoms with Crippen molar-refractivity contribution in [2.24, 2.45) is 0 Å². The summed E-state index contributed by atoms with van der Waals surface area (Å²) in [5, 5.41) is 1.38.